The fourth-order valence-corrected chi connectivity index (χ4v) is 2.81. The Morgan fingerprint density at radius 3 is 2.39 bits per heavy atom. The maximum absolute atomic E-state index is 12.3. The molecule has 2 N–H and O–H groups in total. The van der Waals surface area contributed by atoms with Gasteiger partial charge >= 0.3 is 0 Å². The van der Waals surface area contributed by atoms with Crippen LogP contribution in [0.15, 0.2) is 23.1 Å². The lowest BCUT2D eigenvalue weighted by molar-refractivity contribution is -0.122. The summed E-state index contributed by atoms with van der Waals surface area (Å²) in [5.74, 6) is -0.785. The Hall–Kier alpha value is -1.93. The van der Waals surface area contributed by atoms with Crippen molar-refractivity contribution in [2.24, 2.45) is 0 Å². The van der Waals surface area contributed by atoms with Gasteiger partial charge < -0.3 is 10.6 Å². The summed E-state index contributed by atoms with van der Waals surface area (Å²) in [5, 5.41) is 5.18. The van der Waals surface area contributed by atoms with Gasteiger partial charge in [-0.1, -0.05) is 6.07 Å². The Bertz CT molecular complexity index is 699. The number of carbonyl (C=O) groups excluding carboxylic acids is 2. The minimum Gasteiger partial charge on any atom is -0.355 e. The Morgan fingerprint density at radius 1 is 1.26 bits per heavy atom. The molecule has 1 atom stereocenters. The third-order valence-electron chi connectivity index (χ3n) is 3.32. The van der Waals surface area contributed by atoms with E-state index in [1.165, 1.54) is 26.2 Å². The number of likely N-dealkylation sites (N-methyl/N-ethyl adjacent to an activating group) is 1. The second-order valence-electron chi connectivity index (χ2n) is 5.35. The zero-order chi connectivity index (χ0) is 17.8. The van der Waals surface area contributed by atoms with Crippen molar-refractivity contribution in [1.29, 1.82) is 0 Å². The van der Waals surface area contributed by atoms with Crippen molar-refractivity contribution in [2.75, 3.05) is 20.6 Å². The van der Waals surface area contributed by atoms with Crippen molar-refractivity contribution in [3.05, 3.63) is 29.3 Å². The van der Waals surface area contributed by atoms with Crippen molar-refractivity contribution >= 4 is 21.8 Å². The van der Waals surface area contributed by atoms with Crippen LogP contribution in [0, 0.1) is 6.92 Å². The van der Waals surface area contributed by atoms with Crippen LogP contribution < -0.4 is 10.6 Å². The van der Waals surface area contributed by atoms with Gasteiger partial charge in [0.05, 0.1) is 4.90 Å². The van der Waals surface area contributed by atoms with Crippen LogP contribution in [0.1, 0.15) is 29.8 Å². The molecule has 0 aliphatic heterocycles. The maximum atomic E-state index is 12.3. The number of carbonyl (C=O) groups is 2. The van der Waals surface area contributed by atoms with Gasteiger partial charge in [0.1, 0.15) is 6.04 Å². The first-order valence-corrected chi connectivity index (χ1v) is 8.67. The molecule has 1 aromatic carbocycles. The molecule has 1 rings (SSSR count). The first-order chi connectivity index (χ1) is 10.6. The summed E-state index contributed by atoms with van der Waals surface area (Å²) < 4.78 is 25.4. The number of benzene rings is 1. The van der Waals surface area contributed by atoms with Crippen LogP contribution in [-0.2, 0) is 14.8 Å². The number of aryl methyl sites for hydroxylation is 1. The molecule has 0 aromatic heterocycles. The molecule has 1 unspecified atom stereocenters. The first-order valence-electron chi connectivity index (χ1n) is 7.23. The Labute approximate surface area is 137 Å². The normalized spacial score (nSPS) is 12.8. The van der Waals surface area contributed by atoms with E-state index in [9.17, 15) is 18.0 Å². The summed E-state index contributed by atoms with van der Waals surface area (Å²) in [6, 6.07) is 3.64. The second-order valence-corrected chi connectivity index (χ2v) is 7.51. The van der Waals surface area contributed by atoms with E-state index in [0.29, 0.717) is 12.1 Å². The van der Waals surface area contributed by atoms with Crippen LogP contribution in [-0.4, -0.2) is 51.2 Å². The van der Waals surface area contributed by atoms with E-state index in [1.54, 1.807) is 26.8 Å². The van der Waals surface area contributed by atoms with Gasteiger partial charge in [0.25, 0.3) is 5.91 Å². The lowest BCUT2D eigenvalue weighted by Gasteiger charge is -2.16. The summed E-state index contributed by atoms with van der Waals surface area (Å²) >= 11 is 0. The average molecular weight is 341 g/mol. The van der Waals surface area contributed by atoms with Gasteiger partial charge in [-0.25, -0.2) is 12.7 Å². The van der Waals surface area contributed by atoms with E-state index in [-0.39, 0.29) is 16.4 Å². The number of rotatable bonds is 6. The van der Waals surface area contributed by atoms with Crippen LogP contribution in [0.4, 0.5) is 0 Å². The molecule has 8 heteroatoms. The van der Waals surface area contributed by atoms with Gasteiger partial charge in [-0.05, 0) is 38.5 Å². The SMILES string of the molecule is CCNC(=O)C(C)NC(=O)c1cc(S(=O)(=O)N(C)C)ccc1C. The van der Waals surface area contributed by atoms with E-state index in [4.69, 9.17) is 0 Å². The lowest BCUT2D eigenvalue weighted by atomic mass is 10.1. The molecule has 0 radical (unpaired) electrons. The summed E-state index contributed by atoms with van der Waals surface area (Å²) in [5.41, 5.74) is 0.854. The summed E-state index contributed by atoms with van der Waals surface area (Å²) in [4.78, 5) is 24.0. The lowest BCUT2D eigenvalue weighted by Crippen LogP contribution is -2.44. The monoisotopic (exact) mass is 341 g/mol. The van der Waals surface area contributed by atoms with E-state index < -0.39 is 22.0 Å². The van der Waals surface area contributed by atoms with Crippen LogP contribution in [0.25, 0.3) is 0 Å². The molecule has 0 saturated heterocycles. The molecule has 0 fully saturated rings. The number of nitrogens with one attached hydrogen (secondary N) is 2. The highest BCUT2D eigenvalue weighted by Crippen LogP contribution is 2.18. The average Bonchev–Trinajstić information content (AvgIpc) is 2.47. The van der Waals surface area contributed by atoms with Crippen molar-refractivity contribution < 1.29 is 18.0 Å². The third-order valence-corrected chi connectivity index (χ3v) is 5.14. The smallest absolute Gasteiger partial charge is 0.252 e. The fourth-order valence-electron chi connectivity index (χ4n) is 1.88. The predicted octanol–water partition coefficient (Wildman–Crippen LogP) is 0.500. The highest BCUT2D eigenvalue weighted by Gasteiger charge is 2.22. The molecule has 1 aromatic rings. The largest absolute Gasteiger partial charge is 0.355 e. The molecule has 7 nitrogen and oxygen atoms in total. The van der Waals surface area contributed by atoms with E-state index in [1.807, 2.05) is 0 Å². The number of amides is 2. The van der Waals surface area contributed by atoms with Crippen LogP contribution in [0.5, 0.6) is 0 Å². The highest BCUT2D eigenvalue weighted by molar-refractivity contribution is 7.89. The molecule has 0 spiro atoms. The molecule has 0 aliphatic carbocycles. The van der Waals surface area contributed by atoms with Crippen molar-refractivity contribution in [1.82, 2.24) is 14.9 Å². The van der Waals surface area contributed by atoms with Crippen LogP contribution >= 0.6 is 0 Å². The van der Waals surface area contributed by atoms with Crippen molar-refractivity contribution in [2.45, 2.75) is 31.7 Å². The molecule has 128 valence electrons. The van der Waals surface area contributed by atoms with Gasteiger partial charge in [0, 0.05) is 26.2 Å². The van der Waals surface area contributed by atoms with Crippen molar-refractivity contribution in [3.8, 4) is 0 Å². The summed E-state index contributed by atoms with van der Waals surface area (Å²) in [6.45, 7) is 5.53. The Balaban J connectivity index is 3.09. The molecule has 0 aliphatic rings. The highest BCUT2D eigenvalue weighted by atomic mass is 32.2. The second kappa shape index (κ2) is 7.56. The van der Waals surface area contributed by atoms with Gasteiger partial charge in [-0.3, -0.25) is 9.59 Å². The molecule has 23 heavy (non-hydrogen) atoms. The first kappa shape index (κ1) is 19.1. The van der Waals surface area contributed by atoms with Crippen LogP contribution in [0.3, 0.4) is 0 Å². The van der Waals surface area contributed by atoms with Gasteiger partial charge in [-0.15, -0.1) is 0 Å². The van der Waals surface area contributed by atoms with E-state index >= 15 is 0 Å². The zero-order valence-electron chi connectivity index (χ0n) is 14.0. The molecule has 0 saturated carbocycles. The topological polar surface area (TPSA) is 95.6 Å². The van der Waals surface area contributed by atoms with E-state index in [2.05, 4.69) is 10.6 Å². The Morgan fingerprint density at radius 2 is 1.87 bits per heavy atom. The number of nitrogens with zero attached hydrogens (tertiary/aromatic N) is 1. The number of hydrogen-bond acceptors (Lipinski definition) is 4. The van der Waals surface area contributed by atoms with Crippen LogP contribution in [0.2, 0.25) is 0 Å². The fraction of sp³-hybridized carbons (Fsp3) is 0.467. The zero-order valence-corrected chi connectivity index (χ0v) is 14.8. The summed E-state index contributed by atoms with van der Waals surface area (Å²) in [7, 11) is -0.784. The Kier molecular flexibility index (Phi) is 6.28. The van der Waals surface area contributed by atoms with Gasteiger partial charge in [0.2, 0.25) is 15.9 Å². The van der Waals surface area contributed by atoms with E-state index in [0.717, 1.165) is 4.31 Å². The minimum atomic E-state index is -3.63. The molecule has 2 amide bonds. The summed E-state index contributed by atoms with van der Waals surface area (Å²) in [6.07, 6.45) is 0. The molecular formula is C15H23N3O4S. The molecule has 0 heterocycles. The molecular weight excluding hydrogens is 318 g/mol. The number of hydrogen-bond donors (Lipinski definition) is 2. The maximum Gasteiger partial charge on any atom is 0.252 e. The minimum absolute atomic E-state index is 0.0314. The third kappa shape index (κ3) is 4.52. The standard InChI is InChI=1S/C15H23N3O4S/c1-6-16-14(19)11(3)17-15(20)13-9-12(8-7-10(13)2)23(21,22)18(4)5/h7-9,11H,6H2,1-5H3,(H,16,19)(H,17,20). The van der Waals surface area contributed by atoms with Gasteiger partial charge in [0.15, 0.2) is 0 Å². The predicted molar refractivity (Wildman–Crippen MR) is 87.7 cm³/mol. The number of sulfonamides is 1. The van der Waals surface area contributed by atoms with Crippen molar-refractivity contribution in [3.63, 3.8) is 0 Å². The molecule has 0 bridgehead atoms. The quantitative estimate of drug-likeness (QED) is 0.787. The van der Waals surface area contributed by atoms with Gasteiger partial charge in [-0.2, -0.15) is 0 Å².